The number of rotatable bonds is 7. The Morgan fingerprint density at radius 3 is 2.64 bits per heavy atom. The van der Waals surface area contributed by atoms with Crippen LogP contribution in [0.3, 0.4) is 0 Å². The van der Waals surface area contributed by atoms with E-state index >= 15 is 0 Å². The molecule has 1 heterocycles. The molecule has 22 heavy (non-hydrogen) atoms. The van der Waals surface area contributed by atoms with E-state index in [0.717, 1.165) is 38.8 Å². The first-order valence-corrected chi connectivity index (χ1v) is 8.25. The molecule has 1 rings (SSSR count). The number of carbonyl (C=O) groups excluding carboxylic acids is 2. The molecule has 3 N–H and O–H groups in total. The van der Waals surface area contributed by atoms with Crippen LogP contribution in [0, 0.1) is 11.8 Å². The van der Waals surface area contributed by atoms with Crippen LogP contribution >= 0.6 is 12.4 Å². The Bertz CT molecular complexity index is 350. The minimum absolute atomic E-state index is 0. The molecule has 0 spiro atoms. The van der Waals surface area contributed by atoms with Crippen molar-refractivity contribution in [3.63, 3.8) is 0 Å². The summed E-state index contributed by atoms with van der Waals surface area (Å²) in [6.07, 6.45) is 4.23. The number of nitrogens with zero attached hydrogens (tertiary/aromatic N) is 1. The molecule has 1 fully saturated rings. The number of likely N-dealkylation sites (tertiary alicyclic amines) is 1. The zero-order valence-electron chi connectivity index (χ0n) is 14.1. The van der Waals surface area contributed by atoms with Crippen LogP contribution < -0.4 is 11.1 Å². The van der Waals surface area contributed by atoms with E-state index in [4.69, 9.17) is 5.73 Å². The zero-order valence-corrected chi connectivity index (χ0v) is 15.0. The van der Waals surface area contributed by atoms with Gasteiger partial charge in [-0.3, -0.25) is 9.59 Å². The summed E-state index contributed by atoms with van der Waals surface area (Å²) in [6, 6.07) is -0.390. The topological polar surface area (TPSA) is 75.4 Å². The summed E-state index contributed by atoms with van der Waals surface area (Å²) in [4.78, 5) is 25.7. The van der Waals surface area contributed by atoms with Crippen molar-refractivity contribution in [2.75, 3.05) is 19.6 Å². The third-order valence-electron chi connectivity index (χ3n) is 3.94. The van der Waals surface area contributed by atoms with E-state index in [9.17, 15) is 9.59 Å². The maximum atomic E-state index is 12.3. The molecular formula is C16H32ClN3O2. The fourth-order valence-corrected chi connectivity index (χ4v) is 2.85. The highest BCUT2D eigenvalue weighted by Crippen LogP contribution is 2.17. The highest BCUT2D eigenvalue weighted by Gasteiger charge is 2.27. The Labute approximate surface area is 140 Å². The van der Waals surface area contributed by atoms with Gasteiger partial charge in [-0.05, 0) is 37.5 Å². The average Bonchev–Trinajstić information content (AvgIpc) is 2.44. The van der Waals surface area contributed by atoms with Gasteiger partial charge in [0.25, 0.3) is 0 Å². The first-order chi connectivity index (χ1) is 9.93. The molecule has 1 aliphatic heterocycles. The third kappa shape index (κ3) is 7.45. The SMILES string of the molecule is CCCC(=O)NCC1CCCN(C(=O)[C@@H](N)CC(C)C)C1.Cl. The summed E-state index contributed by atoms with van der Waals surface area (Å²) in [5.74, 6) is 0.957. The summed E-state index contributed by atoms with van der Waals surface area (Å²) >= 11 is 0. The lowest BCUT2D eigenvalue weighted by atomic mass is 9.96. The van der Waals surface area contributed by atoms with E-state index in [0.29, 0.717) is 24.8 Å². The molecule has 1 saturated heterocycles. The molecule has 0 aromatic rings. The minimum Gasteiger partial charge on any atom is -0.356 e. The van der Waals surface area contributed by atoms with E-state index < -0.39 is 6.04 Å². The van der Waals surface area contributed by atoms with Crippen LogP contribution in [0.4, 0.5) is 0 Å². The Hall–Kier alpha value is -0.810. The molecule has 6 heteroatoms. The van der Waals surface area contributed by atoms with Crippen LogP contribution in [0.1, 0.15) is 52.9 Å². The second-order valence-electron chi connectivity index (χ2n) is 6.58. The third-order valence-corrected chi connectivity index (χ3v) is 3.94. The molecule has 2 atom stereocenters. The largest absolute Gasteiger partial charge is 0.356 e. The number of nitrogens with one attached hydrogen (secondary N) is 1. The molecule has 0 saturated carbocycles. The maximum Gasteiger partial charge on any atom is 0.239 e. The van der Waals surface area contributed by atoms with Crippen molar-refractivity contribution in [3.8, 4) is 0 Å². The lowest BCUT2D eigenvalue weighted by Crippen LogP contribution is -2.50. The number of nitrogens with two attached hydrogens (primary N) is 1. The fraction of sp³-hybridized carbons (Fsp3) is 0.875. The molecule has 1 aliphatic rings. The van der Waals surface area contributed by atoms with Gasteiger partial charge < -0.3 is 16.0 Å². The number of piperidine rings is 1. The van der Waals surface area contributed by atoms with Crippen molar-refractivity contribution < 1.29 is 9.59 Å². The van der Waals surface area contributed by atoms with Crippen molar-refractivity contribution in [3.05, 3.63) is 0 Å². The van der Waals surface area contributed by atoms with Gasteiger partial charge in [0.15, 0.2) is 0 Å². The van der Waals surface area contributed by atoms with Gasteiger partial charge in [-0.25, -0.2) is 0 Å². The second-order valence-corrected chi connectivity index (χ2v) is 6.58. The lowest BCUT2D eigenvalue weighted by Gasteiger charge is -2.34. The van der Waals surface area contributed by atoms with Crippen LogP contribution in [0.15, 0.2) is 0 Å². The van der Waals surface area contributed by atoms with Crippen LogP contribution in [-0.4, -0.2) is 42.4 Å². The molecule has 0 aromatic heterocycles. The molecule has 0 radical (unpaired) electrons. The summed E-state index contributed by atoms with van der Waals surface area (Å²) in [7, 11) is 0. The van der Waals surface area contributed by atoms with Crippen LogP contribution in [-0.2, 0) is 9.59 Å². The first-order valence-electron chi connectivity index (χ1n) is 8.25. The summed E-state index contributed by atoms with van der Waals surface area (Å²) in [5, 5.41) is 2.97. The highest BCUT2D eigenvalue weighted by molar-refractivity contribution is 5.85. The normalized spacial score (nSPS) is 19.5. The summed E-state index contributed by atoms with van der Waals surface area (Å²) in [6.45, 7) is 8.34. The van der Waals surface area contributed by atoms with Crippen molar-refractivity contribution in [2.24, 2.45) is 17.6 Å². The van der Waals surface area contributed by atoms with E-state index in [1.54, 1.807) is 0 Å². The lowest BCUT2D eigenvalue weighted by molar-refractivity contribution is -0.134. The van der Waals surface area contributed by atoms with E-state index in [-0.39, 0.29) is 24.2 Å². The molecule has 0 aliphatic carbocycles. The predicted octanol–water partition coefficient (Wildman–Crippen LogP) is 1.94. The van der Waals surface area contributed by atoms with Gasteiger partial charge in [-0.15, -0.1) is 12.4 Å². The van der Waals surface area contributed by atoms with Gasteiger partial charge in [0.1, 0.15) is 0 Å². The first kappa shape index (κ1) is 21.2. The van der Waals surface area contributed by atoms with Crippen LogP contribution in [0.2, 0.25) is 0 Å². The van der Waals surface area contributed by atoms with E-state index in [1.807, 2.05) is 11.8 Å². The molecule has 2 amide bonds. The zero-order chi connectivity index (χ0) is 15.8. The van der Waals surface area contributed by atoms with Gasteiger partial charge in [0, 0.05) is 26.1 Å². The van der Waals surface area contributed by atoms with Crippen molar-refractivity contribution in [2.45, 2.75) is 58.9 Å². The van der Waals surface area contributed by atoms with E-state index in [1.165, 1.54) is 0 Å². The summed E-state index contributed by atoms with van der Waals surface area (Å²) in [5.41, 5.74) is 6.00. The number of amides is 2. The van der Waals surface area contributed by atoms with Gasteiger partial charge in [0.05, 0.1) is 6.04 Å². The van der Waals surface area contributed by atoms with E-state index in [2.05, 4.69) is 19.2 Å². The Morgan fingerprint density at radius 1 is 1.36 bits per heavy atom. The number of hydrogen-bond donors (Lipinski definition) is 2. The molecule has 1 unspecified atom stereocenters. The molecule has 5 nitrogen and oxygen atoms in total. The van der Waals surface area contributed by atoms with Gasteiger partial charge in [0.2, 0.25) is 11.8 Å². The fourth-order valence-electron chi connectivity index (χ4n) is 2.85. The molecule has 130 valence electrons. The summed E-state index contributed by atoms with van der Waals surface area (Å²) < 4.78 is 0. The van der Waals surface area contributed by atoms with Crippen molar-refractivity contribution in [1.29, 1.82) is 0 Å². The van der Waals surface area contributed by atoms with Gasteiger partial charge in [-0.2, -0.15) is 0 Å². The van der Waals surface area contributed by atoms with Crippen molar-refractivity contribution in [1.82, 2.24) is 10.2 Å². The molecule has 0 bridgehead atoms. The number of carbonyl (C=O) groups is 2. The Morgan fingerprint density at radius 2 is 2.05 bits per heavy atom. The monoisotopic (exact) mass is 333 g/mol. The molecule has 0 aromatic carbocycles. The number of halogens is 1. The smallest absolute Gasteiger partial charge is 0.239 e. The maximum absolute atomic E-state index is 12.3. The van der Waals surface area contributed by atoms with Crippen molar-refractivity contribution >= 4 is 24.2 Å². The van der Waals surface area contributed by atoms with Gasteiger partial charge >= 0.3 is 0 Å². The molecular weight excluding hydrogens is 302 g/mol. The number of hydrogen-bond acceptors (Lipinski definition) is 3. The van der Waals surface area contributed by atoms with Gasteiger partial charge in [-0.1, -0.05) is 20.8 Å². The average molecular weight is 334 g/mol. The minimum atomic E-state index is -0.390. The Balaban J connectivity index is 0.00000441. The van der Waals surface area contributed by atoms with Crippen LogP contribution in [0.25, 0.3) is 0 Å². The Kier molecular flexibility index (Phi) is 10.4. The quantitative estimate of drug-likeness (QED) is 0.747. The standard InChI is InChI=1S/C16H31N3O2.ClH/c1-4-6-15(20)18-10-13-7-5-8-19(11-13)16(21)14(17)9-12(2)3;/h12-14H,4-11,17H2,1-3H3,(H,18,20);1H/t13?,14-;/m0./s1. The highest BCUT2D eigenvalue weighted by atomic mass is 35.5. The second kappa shape index (κ2) is 10.8. The van der Waals surface area contributed by atoms with Crippen LogP contribution in [0.5, 0.6) is 0 Å². The predicted molar refractivity (Wildman–Crippen MR) is 91.9 cm³/mol.